The van der Waals surface area contributed by atoms with E-state index in [0.29, 0.717) is 34.1 Å². The summed E-state index contributed by atoms with van der Waals surface area (Å²) < 4.78 is 62.2. The second-order valence-electron chi connectivity index (χ2n) is 4.41. The van der Waals surface area contributed by atoms with Gasteiger partial charge in [0.25, 0.3) is 11.6 Å². The van der Waals surface area contributed by atoms with Gasteiger partial charge in [0.1, 0.15) is 0 Å². The highest BCUT2D eigenvalue weighted by atomic mass is 32.2. The van der Waals surface area contributed by atoms with Gasteiger partial charge in [0.2, 0.25) is 11.1 Å². The molecule has 6 nitrogen and oxygen atoms in total. The summed E-state index contributed by atoms with van der Waals surface area (Å²) in [7, 11) is 0. The Morgan fingerprint density at radius 1 is 1.24 bits per heavy atom. The molecule has 1 aromatic heterocycles. The number of rotatable bonds is 6. The van der Waals surface area contributed by atoms with E-state index in [2.05, 4.69) is 15.5 Å². The first-order chi connectivity index (χ1) is 11.7. The van der Waals surface area contributed by atoms with E-state index in [1.807, 2.05) is 0 Å². The van der Waals surface area contributed by atoms with Crippen LogP contribution in [0.5, 0.6) is 0 Å². The number of hydrogen-bond donors (Lipinski definition) is 2. The molecule has 0 aliphatic heterocycles. The van der Waals surface area contributed by atoms with Crippen molar-refractivity contribution >= 4 is 35.1 Å². The fourth-order valence-electron chi connectivity index (χ4n) is 1.62. The Morgan fingerprint density at radius 2 is 1.88 bits per heavy atom. The first-order valence-corrected chi connectivity index (χ1v) is 8.28. The number of nitrogens with two attached hydrogens (primary N) is 1. The molecule has 0 saturated heterocycles. The predicted octanol–water partition coefficient (Wildman–Crippen LogP) is 3.06. The number of carbonyl (C=O) groups excluding carboxylic acids is 1. The van der Waals surface area contributed by atoms with Crippen LogP contribution in [0, 0.1) is 0 Å². The van der Waals surface area contributed by atoms with Crippen LogP contribution >= 0.6 is 23.5 Å². The normalized spacial score (nSPS) is 11.8. The molecule has 3 N–H and O–H groups in total. The highest BCUT2D eigenvalue weighted by Crippen LogP contribution is 2.29. The zero-order valence-corrected chi connectivity index (χ0v) is 13.8. The number of nitrogens with one attached hydrogen (secondary N) is 1. The maximum atomic E-state index is 12.5. The number of alkyl halides is 5. The van der Waals surface area contributed by atoms with Gasteiger partial charge in [0.15, 0.2) is 0 Å². The van der Waals surface area contributed by atoms with Gasteiger partial charge >= 0.3 is 6.18 Å². The molecule has 13 heteroatoms. The minimum absolute atomic E-state index is 0.258. The third-order valence-electron chi connectivity index (χ3n) is 2.61. The van der Waals surface area contributed by atoms with Crippen molar-refractivity contribution in [2.45, 2.75) is 22.0 Å². The molecule has 2 aromatic rings. The van der Waals surface area contributed by atoms with Crippen molar-refractivity contribution < 1.29 is 26.7 Å². The fourth-order valence-corrected chi connectivity index (χ4v) is 2.77. The minimum Gasteiger partial charge on any atom is -0.335 e. The molecule has 0 radical (unpaired) electrons. The van der Waals surface area contributed by atoms with E-state index in [-0.39, 0.29) is 15.6 Å². The Morgan fingerprint density at radius 3 is 2.40 bits per heavy atom. The van der Waals surface area contributed by atoms with Gasteiger partial charge in [-0.1, -0.05) is 23.5 Å². The maximum Gasteiger partial charge on any atom is 0.453 e. The molecule has 0 fully saturated rings. The Hall–Kier alpha value is -2.02. The second kappa shape index (κ2) is 7.91. The van der Waals surface area contributed by atoms with E-state index in [9.17, 15) is 26.7 Å². The quantitative estimate of drug-likeness (QED) is 0.441. The molecule has 0 spiro atoms. The van der Waals surface area contributed by atoms with Gasteiger partial charge in [0, 0.05) is 10.6 Å². The fraction of sp³-hybridized carbons (Fsp3) is 0.250. The molecule has 0 saturated carbocycles. The van der Waals surface area contributed by atoms with E-state index in [1.165, 1.54) is 24.3 Å². The van der Waals surface area contributed by atoms with Crippen LogP contribution in [0.2, 0.25) is 0 Å². The lowest BCUT2D eigenvalue weighted by atomic mass is 10.3. The van der Waals surface area contributed by atoms with Crippen LogP contribution in [0.4, 0.5) is 27.6 Å². The van der Waals surface area contributed by atoms with E-state index in [4.69, 9.17) is 5.84 Å². The summed E-state index contributed by atoms with van der Waals surface area (Å²) in [6.07, 6.45) is -4.75. The summed E-state index contributed by atoms with van der Waals surface area (Å²) in [4.78, 5) is 12.1. The van der Waals surface area contributed by atoms with E-state index < -0.39 is 23.7 Å². The summed E-state index contributed by atoms with van der Waals surface area (Å²) in [5, 5.41) is 8.41. The summed E-state index contributed by atoms with van der Waals surface area (Å²) in [5.74, 6) is 0.524. The Balaban J connectivity index is 1.90. The topological polar surface area (TPSA) is 85.8 Å². The molecule has 0 aliphatic rings. The molecule has 0 atom stereocenters. The number of nitrogen functional groups attached to an aromatic ring is 1. The number of hydrogen-bond acceptors (Lipinski definition) is 6. The number of halogens is 5. The molecule has 136 valence electrons. The van der Waals surface area contributed by atoms with Crippen molar-refractivity contribution in [1.82, 2.24) is 14.9 Å². The highest BCUT2D eigenvalue weighted by molar-refractivity contribution is 8.00. The summed E-state index contributed by atoms with van der Waals surface area (Å²) in [5.41, 5.74) is 0.356. The van der Waals surface area contributed by atoms with Gasteiger partial charge in [-0.15, -0.1) is 10.2 Å². The largest absolute Gasteiger partial charge is 0.453 e. The number of aromatic nitrogens is 3. The average molecular weight is 399 g/mol. The van der Waals surface area contributed by atoms with Crippen molar-refractivity contribution in [3.05, 3.63) is 30.1 Å². The van der Waals surface area contributed by atoms with Crippen molar-refractivity contribution in [2.75, 3.05) is 16.9 Å². The van der Waals surface area contributed by atoms with Gasteiger partial charge in [-0.05, 0) is 24.3 Å². The lowest BCUT2D eigenvalue weighted by molar-refractivity contribution is -0.146. The number of thioether (sulfide) groups is 2. The third kappa shape index (κ3) is 5.49. The van der Waals surface area contributed by atoms with Crippen LogP contribution < -0.4 is 11.2 Å². The van der Waals surface area contributed by atoms with Crippen LogP contribution in [0.25, 0.3) is 0 Å². The average Bonchev–Trinajstić information content (AvgIpc) is 2.88. The summed E-state index contributed by atoms with van der Waals surface area (Å²) >= 11 is 1.04. The van der Waals surface area contributed by atoms with Crippen molar-refractivity contribution in [3.63, 3.8) is 0 Å². The van der Waals surface area contributed by atoms with Crippen molar-refractivity contribution in [3.8, 4) is 0 Å². The number of anilines is 1. The molecule has 1 aromatic carbocycles. The standard InChI is InChI=1S/C12H10F5N5OS2/c13-10(14)25-7-3-1-6(2-4-7)19-8(23)5-24-11-21-20-9(22(11)18)12(15,16)17/h1-4,10H,5,18H2,(H,19,23). The smallest absolute Gasteiger partial charge is 0.335 e. The molecule has 25 heavy (non-hydrogen) atoms. The zero-order valence-electron chi connectivity index (χ0n) is 12.1. The molecule has 2 rings (SSSR count). The van der Waals surface area contributed by atoms with E-state index in [0.717, 1.165) is 0 Å². The van der Waals surface area contributed by atoms with Gasteiger partial charge < -0.3 is 11.2 Å². The minimum atomic E-state index is -4.75. The summed E-state index contributed by atoms with van der Waals surface area (Å²) in [6.45, 7) is 0. The molecule has 1 amide bonds. The molecular formula is C12H10F5N5OS2. The lowest BCUT2D eigenvalue weighted by Crippen LogP contribution is -2.22. The number of amides is 1. The molecule has 1 heterocycles. The summed E-state index contributed by atoms with van der Waals surface area (Å²) in [6, 6.07) is 5.68. The SMILES string of the molecule is Nn1c(SCC(=O)Nc2ccc(SC(F)F)cc2)nnc1C(F)(F)F. The maximum absolute atomic E-state index is 12.5. The monoisotopic (exact) mass is 399 g/mol. The van der Waals surface area contributed by atoms with Crippen molar-refractivity contribution in [2.24, 2.45) is 0 Å². The predicted molar refractivity (Wildman–Crippen MR) is 82.8 cm³/mol. The Bertz CT molecular complexity index is 734. The Labute approximate surface area is 146 Å². The molecule has 0 unspecified atom stereocenters. The molecular weight excluding hydrogens is 389 g/mol. The first kappa shape index (κ1) is 19.3. The van der Waals surface area contributed by atoms with Gasteiger partial charge in [-0.2, -0.15) is 22.0 Å². The second-order valence-corrected chi connectivity index (χ2v) is 6.42. The van der Waals surface area contributed by atoms with Gasteiger partial charge in [-0.3, -0.25) is 4.79 Å². The number of carbonyl (C=O) groups is 1. The Kier molecular flexibility index (Phi) is 6.11. The van der Waals surface area contributed by atoms with Crippen LogP contribution in [-0.4, -0.2) is 32.3 Å². The lowest BCUT2D eigenvalue weighted by Gasteiger charge is -2.07. The third-order valence-corrected chi connectivity index (χ3v) is 4.28. The van der Waals surface area contributed by atoms with Crippen LogP contribution in [0.3, 0.4) is 0 Å². The van der Waals surface area contributed by atoms with Gasteiger partial charge in [-0.25, -0.2) is 4.68 Å². The highest BCUT2D eigenvalue weighted by Gasteiger charge is 2.38. The number of nitrogens with zero attached hydrogens (tertiary/aromatic N) is 3. The number of benzene rings is 1. The van der Waals surface area contributed by atoms with E-state index in [1.54, 1.807) is 0 Å². The zero-order chi connectivity index (χ0) is 18.6. The van der Waals surface area contributed by atoms with Gasteiger partial charge in [0.05, 0.1) is 5.75 Å². The molecule has 0 bridgehead atoms. The van der Waals surface area contributed by atoms with Crippen LogP contribution in [-0.2, 0) is 11.0 Å². The first-order valence-electron chi connectivity index (χ1n) is 6.42. The van der Waals surface area contributed by atoms with E-state index >= 15 is 0 Å². The molecule has 0 aliphatic carbocycles. The van der Waals surface area contributed by atoms with Crippen LogP contribution in [0.15, 0.2) is 34.3 Å². The van der Waals surface area contributed by atoms with Crippen molar-refractivity contribution in [1.29, 1.82) is 0 Å². The van der Waals surface area contributed by atoms with Crippen LogP contribution in [0.1, 0.15) is 5.82 Å².